The van der Waals surface area contributed by atoms with Crippen LogP contribution in [0.2, 0.25) is 0 Å². The van der Waals surface area contributed by atoms with Crippen LogP contribution in [0.3, 0.4) is 0 Å². The number of tetrazole rings is 1. The molecule has 0 radical (unpaired) electrons. The van der Waals surface area contributed by atoms with Crippen LogP contribution < -0.4 is 0 Å². The lowest BCUT2D eigenvalue weighted by Crippen LogP contribution is -2.37. The van der Waals surface area contributed by atoms with E-state index in [2.05, 4.69) is 30.6 Å². The molecule has 3 rings (SSSR count). The average Bonchev–Trinajstić information content (AvgIpc) is 3.07. The van der Waals surface area contributed by atoms with E-state index in [9.17, 15) is 4.79 Å². The Kier molecular flexibility index (Phi) is 4.37. The zero-order valence-electron chi connectivity index (χ0n) is 12.4. The summed E-state index contributed by atoms with van der Waals surface area (Å²) in [7, 11) is 0. The van der Waals surface area contributed by atoms with Crippen LogP contribution in [0, 0.1) is 6.92 Å². The Hall–Kier alpha value is -2.36. The van der Waals surface area contributed by atoms with Crippen molar-refractivity contribution in [1.29, 1.82) is 0 Å². The minimum atomic E-state index is 0.0304. The second-order valence-corrected chi connectivity index (χ2v) is 5.23. The minimum absolute atomic E-state index is 0.0304. The van der Waals surface area contributed by atoms with Gasteiger partial charge in [0.05, 0.1) is 6.54 Å². The van der Waals surface area contributed by atoms with Gasteiger partial charge in [-0.3, -0.25) is 9.69 Å². The van der Waals surface area contributed by atoms with Gasteiger partial charge >= 0.3 is 0 Å². The molecule has 0 saturated carbocycles. The number of carbonyl (C=O) groups is 1. The molecule has 1 fully saturated rings. The van der Waals surface area contributed by atoms with Crippen molar-refractivity contribution in [2.75, 3.05) is 26.2 Å². The predicted molar refractivity (Wildman–Crippen MR) is 73.3 cm³/mol. The van der Waals surface area contributed by atoms with Gasteiger partial charge in [-0.2, -0.15) is 0 Å². The first kappa shape index (κ1) is 14.6. The van der Waals surface area contributed by atoms with Crippen molar-refractivity contribution >= 4 is 5.91 Å². The van der Waals surface area contributed by atoms with E-state index in [0.29, 0.717) is 24.9 Å². The van der Waals surface area contributed by atoms with E-state index in [-0.39, 0.29) is 12.5 Å². The molecule has 0 aliphatic carbocycles. The molecule has 0 aromatic carbocycles. The summed E-state index contributed by atoms with van der Waals surface area (Å²) in [5, 5.41) is 18.6. The lowest BCUT2D eigenvalue weighted by molar-refractivity contribution is -0.131. The van der Waals surface area contributed by atoms with Crippen LogP contribution in [0.4, 0.5) is 0 Å². The number of nitrogens with zero attached hydrogens (tertiary/aromatic N) is 8. The van der Waals surface area contributed by atoms with E-state index in [1.54, 1.807) is 6.92 Å². The van der Waals surface area contributed by atoms with Crippen LogP contribution in [0.25, 0.3) is 0 Å². The molecule has 22 heavy (non-hydrogen) atoms. The summed E-state index contributed by atoms with van der Waals surface area (Å²) >= 11 is 0. The first-order valence-electron chi connectivity index (χ1n) is 7.20. The van der Waals surface area contributed by atoms with Crippen molar-refractivity contribution in [3.05, 3.63) is 18.1 Å². The van der Waals surface area contributed by atoms with Crippen LogP contribution in [-0.2, 0) is 17.9 Å². The first-order chi connectivity index (χ1) is 10.7. The van der Waals surface area contributed by atoms with Crippen LogP contribution in [0.15, 0.2) is 10.7 Å². The zero-order chi connectivity index (χ0) is 15.4. The summed E-state index contributed by atoms with van der Waals surface area (Å²) < 4.78 is 6.84. The molecule has 1 aliphatic heterocycles. The third kappa shape index (κ3) is 3.64. The number of aryl methyl sites for hydroxylation is 1. The van der Waals surface area contributed by atoms with Gasteiger partial charge in [0.2, 0.25) is 17.7 Å². The maximum atomic E-state index is 12.2. The monoisotopic (exact) mass is 306 g/mol. The SMILES string of the molecule is Cc1nnc(CN2CCCN(C(=O)Cn3cnnn3)CC2)o1. The minimum Gasteiger partial charge on any atom is -0.424 e. The summed E-state index contributed by atoms with van der Waals surface area (Å²) in [6, 6.07) is 0. The van der Waals surface area contributed by atoms with Gasteiger partial charge in [-0.05, 0) is 16.8 Å². The highest BCUT2D eigenvalue weighted by Crippen LogP contribution is 2.08. The van der Waals surface area contributed by atoms with Gasteiger partial charge in [0, 0.05) is 33.1 Å². The number of rotatable bonds is 4. The lowest BCUT2D eigenvalue weighted by Gasteiger charge is -2.21. The van der Waals surface area contributed by atoms with Crippen LogP contribution in [0.1, 0.15) is 18.2 Å². The molecule has 0 N–H and O–H groups in total. The van der Waals surface area contributed by atoms with E-state index < -0.39 is 0 Å². The largest absolute Gasteiger partial charge is 0.424 e. The summed E-state index contributed by atoms with van der Waals surface area (Å²) in [6.45, 7) is 5.66. The molecule has 2 aromatic heterocycles. The highest BCUT2D eigenvalue weighted by atomic mass is 16.4. The second kappa shape index (κ2) is 6.60. The average molecular weight is 306 g/mol. The van der Waals surface area contributed by atoms with Gasteiger partial charge in [-0.25, -0.2) is 4.68 Å². The van der Waals surface area contributed by atoms with Crippen molar-refractivity contribution < 1.29 is 9.21 Å². The number of aromatic nitrogens is 6. The predicted octanol–water partition coefficient (Wildman–Crippen LogP) is -0.901. The van der Waals surface area contributed by atoms with E-state index in [4.69, 9.17) is 4.42 Å². The van der Waals surface area contributed by atoms with Crippen LogP contribution in [0.5, 0.6) is 0 Å². The van der Waals surface area contributed by atoms with E-state index in [1.165, 1.54) is 11.0 Å². The van der Waals surface area contributed by atoms with Gasteiger partial charge in [0.1, 0.15) is 12.9 Å². The maximum Gasteiger partial charge on any atom is 0.244 e. The van der Waals surface area contributed by atoms with Gasteiger partial charge in [-0.1, -0.05) is 0 Å². The van der Waals surface area contributed by atoms with Crippen molar-refractivity contribution in [3.63, 3.8) is 0 Å². The third-order valence-electron chi connectivity index (χ3n) is 3.56. The summed E-state index contributed by atoms with van der Waals surface area (Å²) in [6.07, 6.45) is 2.36. The maximum absolute atomic E-state index is 12.2. The standard InChI is InChI=1S/C12H18N8O2/c1-10-14-15-11(22-10)7-18-3-2-4-19(6-5-18)12(21)8-20-9-13-16-17-20/h9H,2-8H2,1H3. The molecule has 3 heterocycles. The Labute approximate surface area is 127 Å². The van der Waals surface area contributed by atoms with E-state index in [0.717, 1.165) is 26.1 Å². The molecular formula is C12H18N8O2. The van der Waals surface area contributed by atoms with Crippen molar-refractivity contribution in [3.8, 4) is 0 Å². The molecule has 0 bridgehead atoms. The molecular weight excluding hydrogens is 288 g/mol. The first-order valence-corrected chi connectivity index (χ1v) is 7.20. The topological polar surface area (TPSA) is 106 Å². The van der Waals surface area contributed by atoms with Gasteiger partial charge in [0.15, 0.2) is 0 Å². The smallest absolute Gasteiger partial charge is 0.244 e. The Morgan fingerprint density at radius 3 is 2.91 bits per heavy atom. The Bertz CT molecular complexity index is 610. The Balaban J connectivity index is 1.52. The van der Waals surface area contributed by atoms with Gasteiger partial charge in [0.25, 0.3) is 0 Å². The molecule has 1 aliphatic rings. The molecule has 2 aromatic rings. The highest BCUT2D eigenvalue weighted by molar-refractivity contribution is 5.75. The van der Waals surface area contributed by atoms with Crippen LogP contribution in [-0.4, -0.2) is 72.3 Å². The highest BCUT2D eigenvalue weighted by Gasteiger charge is 2.20. The van der Waals surface area contributed by atoms with Crippen molar-refractivity contribution in [2.24, 2.45) is 0 Å². The van der Waals surface area contributed by atoms with Gasteiger partial charge < -0.3 is 9.32 Å². The lowest BCUT2D eigenvalue weighted by atomic mass is 10.3. The molecule has 10 heteroatoms. The fraction of sp³-hybridized carbons (Fsp3) is 0.667. The molecule has 0 unspecified atom stereocenters. The normalized spacial score (nSPS) is 16.7. The number of hydrogen-bond acceptors (Lipinski definition) is 8. The molecule has 118 valence electrons. The number of hydrogen-bond donors (Lipinski definition) is 0. The van der Waals surface area contributed by atoms with E-state index >= 15 is 0 Å². The molecule has 0 atom stereocenters. The summed E-state index contributed by atoms with van der Waals surface area (Å²) in [5.74, 6) is 1.22. The Morgan fingerprint density at radius 2 is 2.18 bits per heavy atom. The fourth-order valence-corrected chi connectivity index (χ4v) is 2.46. The number of amides is 1. The third-order valence-corrected chi connectivity index (χ3v) is 3.56. The van der Waals surface area contributed by atoms with Crippen molar-refractivity contribution in [1.82, 2.24) is 40.2 Å². The molecule has 1 saturated heterocycles. The summed E-state index contributed by atoms with van der Waals surface area (Å²) in [4.78, 5) is 16.3. The zero-order valence-corrected chi connectivity index (χ0v) is 12.4. The number of carbonyl (C=O) groups excluding carboxylic acids is 1. The van der Waals surface area contributed by atoms with Crippen molar-refractivity contribution in [2.45, 2.75) is 26.4 Å². The molecule has 0 spiro atoms. The van der Waals surface area contributed by atoms with Crippen LogP contribution >= 0.6 is 0 Å². The van der Waals surface area contributed by atoms with E-state index in [1.807, 2.05) is 4.90 Å². The second-order valence-electron chi connectivity index (χ2n) is 5.23. The Morgan fingerprint density at radius 1 is 1.27 bits per heavy atom. The molecule has 10 nitrogen and oxygen atoms in total. The molecule has 1 amide bonds. The van der Waals surface area contributed by atoms with Gasteiger partial charge in [-0.15, -0.1) is 15.3 Å². The quantitative estimate of drug-likeness (QED) is 0.715. The fourth-order valence-electron chi connectivity index (χ4n) is 2.46. The summed E-state index contributed by atoms with van der Waals surface area (Å²) in [5.41, 5.74) is 0.